The van der Waals surface area contributed by atoms with Crippen LogP contribution in [0, 0.1) is 25.7 Å². The third-order valence-corrected chi connectivity index (χ3v) is 3.68. The lowest BCUT2D eigenvalue weighted by atomic mass is 10.2. The predicted molar refractivity (Wildman–Crippen MR) is 75.4 cm³/mol. The van der Waals surface area contributed by atoms with Crippen LogP contribution in [0.3, 0.4) is 0 Å². The number of aliphatic hydroxyl groups excluding tert-OH is 1. The fourth-order valence-electron chi connectivity index (χ4n) is 1.60. The van der Waals surface area contributed by atoms with Crippen molar-refractivity contribution >= 4 is 17.2 Å². The predicted octanol–water partition coefficient (Wildman–Crippen LogP) is 1.63. The van der Waals surface area contributed by atoms with Crippen LogP contribution in [0.2, 0.25) is 0 Å². The molecule has 0 spiro atoms. The van der Waals surface area contributed by atoms with Gasteiger partial charge >= 0.3 is 0 Å². The van der Waals surface area contributed by atoms with Gasteiger partial charge < -0.3 is 14.9 Å². The molecule has 0 saturated heterocycles. The molecule has 6 heteroatoms. The molecule has 0 bridgehead atoms. The van der Waals surface area contributed by atoms with E-state index in [1.807, 2.05) is 6.92 Å². The molecule has 1 amide bonds. The van der Waals surface area contributed by atoms with Crippen molar-refractivity contribution in [2.24, 2.45) is 0 Å². The van der Waals surface area contributed by atoms with E-state index < -0.39 is 0 Å². The maximum atomic E-state index is 12.0. The molecule has 0 aromatic carbocycles. The first-order chi connectivity index (χ1) is 9.60. The molecule has 0 aliphatic rings. The van der Waals surface area contributed by atoms with Crippen LogP contribution in [-0.2, 0) is 6.54 Å². The highest BCUT2D eigenvalue weighted by molar-refractivity contribution is 7.14. The maximum Gasteiger partial charge on any atom is 0.261 e. The number of carbonyl (C=O) groups is 1. The minimum atomic E-state index is -0.190. The Morgan fingerprint density at radius 1 is 1.50 bits per heavy atom. The number of hydrogen-bond acceptors (Lipinski definition) is 5. The van der Waals surface area contributed by atoms with Crippen molar-refractivity contribution in [2.45, 2.75) is 20.4 Å². The number of aliphatic hydroxyl groups is 1. The Morgan fingerprint density at radius 3 is 2.95 bits per heavy atom. The third-order valence-electron chi connectivity index (χ3n) is 2.53. The van der Waals surface area contributed by atoms with Crippen molar-refractivity contribution in [1.82, 2.24) is 10.5 Å². The molecular weight excluding hydrogens is 276 g/mol. The summed E-state index contributed by atoms with van der Waals surface area (Å²) in [7, 11) is 0. The van der Waals surface area contributed by atoms with Gasteiger partial charge in [-0.05, 0) is 25.5 Å². The first-order valence-electron chi connectivity index (χ1n) is 6.00. The lowest BCUT2D eigenvalue weighted by molar-refractivity contribution is 0.0954. The molecule has 0 saturated carbocycles. The molecule has 0 atom stereocenters. The van der Waals surface area contributed by atoms with Crippen LogP contribution in [0.25, 0.3) is 0 Å². The van der Waals surface area contributed by atoms with Gasteiger partial charge in [0.2, 0.25) is 0 Å². The number of thiophene rings is 1. The molecular formula is C14H14N2O3S. The number of carbonyl (C=O) groups excluding carboxylic acids is 1. The summed E-state index contributed by atoms with van der Waals surface area (Å²) in [6.07, 6.45) is 0. The van der Waals surface area contributed by atoms with E-state index in [0.717, 1.165) is 10.4 Å². The molecule has 0 radical (unpaired) electrons. The molecule has 0 aliphatic carbocycles. The summed E-state index contributed by atoms with van der Waals surface area (Å²) in [6, 6.07) is 3.56. The van der Waals surface area contributed by atoms with E-state index in [9.17, 15) is 4.79 Å². The summed E-state index contributed by atoms with van der Waals surface area (Å²) < 4.78 is 4.93. The van der Waals surface area contributed by atoms with E-state index >= 15 is 0 Å². The number of aryl methyl sites for hydroxylation is 2. The lowest BCUT2D eigenvalue weighted by Crippen LogP contribution is -2.21. The van der Waals surface area contributed by atoms with Crippen LogP contribution >= 0.6 is 11.3 Å². The minimum Gasteiger partial charge on any atom is -0.384 e. The Bertz CT molecular complexity index is 676. The Morgan fingerprint density at radius 2 is 2.30 bits per heavy atom. The third kappa shape index (κ3) is 3.47. The van der Waals surface area contributed by atoms with Crippen molar-refractivity contribution in [3.63, 3.8) is 0 Å². The van der Waals surface area contributed by atoms with Gasteiger partial charge in [0.05, 0.1) is 16.3 Å². The van der Waals surface area contributed by atoms with Gasteiger partial charge in [0, 0.05) is 6.07 Å². The molecule has 104 valence electrons. The monoisotopic (exact) mass is 290 g/mol. The van der Waals surface area contributed by atoms with Crippen LogP contribution in [0.1, 0.15) is 31.6 Å². The van der Waals surface area contributed by atoms with Gasteiger partial charge in [-0.25, -0.2) is 0 Å². The second-order valence-corrected chi connectivity index (χ2v) is 5.25. The highest BCUT2D eigenvalue weighted by atomic mass is 32.1. The number of hydrogen-bond donors (Lipinski definition) is 2. The van der Waals surface area contributed by atoms with E-state index in [1.165, 1.54) is 11.3 Å². The van der Waals surface area contributed by atoms with E-state index in [0.29, 0.717) is 22.9 Å². The van der Waals surface area contributed by atoms with E-state index in [4.69, 9.17) is 9.63 Å². The zero-order chi connectivity index (χ0) is 14.5. The zero-order valence-corrected chi connectivity index (χ0v) is 12.0. The molecule has 0 unspecified atom stereocenters. The standard InChI is InChI=1S/C14H14N2O3S/c1-9-6-13(20-12(9)4-3-5-17)14(18)15-8-11-7-10(2)19-16-11/h6-7,17H,5,8H2,1-2H3,(H,15,18). The van der Waals surface area contributed by atoms with Crippen molar-refractivity contribution in [3.8, 4) is 11.8 Å². The van der Waals surface area contributed by atoms with Crippen LogP contribution < -0.4 is 5.32 Å². The Hall–Kier alpha value is -2.10. The average Bonchev–Trinajstić information content (AvgIpc) is 3.00. The van der Waals surface area contributed by atoms with Gasteiger partial charge in [-0.2, -0.15) is 0 Å². The Labute approximate surface area is 120 Å². The number of aromatic nitrogens is 1. The summed E-state index contributed by atoms with van der Waals surface area (Å²) in [5.41, 5.74) is 1.61. The first-order valence-corrected chi connectivity index (χ1v) is 6.82. The van der Waals surface area contributed by atoms with Gasteiger partial charge in [-0.1, -0.05) is 17.0 Å². The van der Waals surface area contributed by atoms with Crippen molar-refractivity contribution in [2.75, 3.05) is 6.61 Å². The SMILES string of the molecule is Cc1cc(CNC(=O)c2cc(C)c(C#CCO)s2)no1. The highest BCUT2D eigenvalue weighted by Gasteiger charge is 2.12. The quantitative estimate of drug-likeness (QED) is 0.842. The largest absolute Gasteiger partial charge is 0.384 e. The highest BCUT2D eigenvalue weighted by Crippen LogP contribution is 2.20. The molecule has 20 heavy (non-hydrogen) atoms. The van der Waals surface area contributed by atoms with Gasteiger partial charge in [-0.3, -0.25) is 4.79 Å². The van der Waals surface area contributed by atoms with Gasteiger partial charge in [0.25, 0.3) is 5.91 Å². The molecule has 2 heterocycles. The zero-order valence-electron chi connectivity index (χ0n) is 11.2. The van der Waals surface area contributed by atoms with E-state index in [1.54, 1.807) is 19.1 Å². The fourth-order valence-corrected chi connectivity index (χ4v) is 2.56. The summed E-state index contributed by atoms with van der Waals surface area (Å²) in [5.74, 6) is 5.95. The van der Waals surface area contributed by atoms with Crippen molar-refractivity contribution < 1.29 is 14.4 Å². The molecule has 2 rings (SSSR count). The molecule has 0 aliphatic heterocycles. The first kappa shape index (κ1) is 14.3. The van der Waals surface area contributed by atoms with Crippen molar-refractivity contribution in [3.05, 3.63) is 38.9 Å². The van der Waals surface area contributed by atoms with Crippen LogP contribution in [0.4, 0.5) is 0 Å². The van der Waals surface area contributed by atoms with Gasteiger partial charge in [0.15, 0.2) is 0 Å². The van der Waals surface area contributed by atoms with E-state index in [2.05, 4.69) is 22.3 Å². The number of amides is 1. The molecule has 2 aromatic heterocycles. The topological polar surface area (TPSA) is 75.4 Å². The lowest BCUT2D eigenvalue weighted by Gasteiger charge is -1.99. The number of nitrogens with one attached hydrogen (secondary N) is 1. The van der Waals surface area contributed by atoms with Gasteiger partial charge in [-0.15, -0.1) is 11.3 Å². The average molecular weight is 290 g/mol. The summed E-state index contributed by atoms with van der Waals surface area (Å²) >= 11 is 1.31. The number of nitrogens with zero attached hydrogens (tertiary/aromatic N) is 1. The minimum absolute atomic E-state index is 0.171. The number of rotatable bonds is 3. The second kappa shape index (κ2) is 6.37. The summed E-state index contributed by atoms with van der Waals surface area (Å²) in [6.45, 7) is 3.82. The van der Waals surface area contributed by atoms with Crippen LogP contribution in [0.5, 0.6) is 0 Å². The Kier molecular flexibility index (Phi) is 4.56. The molecule has 0 fully saturated rings. The molecule has 2 aromatic rings. The smallest absolute Gasteiger partial charge is 0.261 e. The fraction of sp³-hybridized carbons (Fsp3) is 0.286. The normalized spacial score (nSPS) is 9.95. The van der Waals surface area contributed by atoms with Gasteiger partial charge in [0.1, 0.15) is 18.1 Å². The van der Waals surface area contributed by atoms with Crippen molar-refractivity contribution in [1.29, 1.82) is 0 Å². The molecule has 2 N–H and O–H groups in total. The Balaban J connectivity index is 2.02. The van der Waals surface area contributed by atoms with Crippen LogP contribution in [-0.4, -0.2) is 22.8 Å². The van der Waals surface area contributed by atoms with E-state index in [-0.39, 0.29) is 12.5 Å². The molecule has 5 nitrogen and oxygen atoms in total. The summed E-state index contributed by atoms with van der Waals surface area (Å²) in [5, 5.41) is 15.3. The maximum absolute atomic E-state index is 12.0. The summed E-state index contributed by atoms with van der Waals surface area (Å²) in [4.78, 5) is 13.4. The second-order valence-electron chi connectivity index (χ2n) is 4.19. The van der Waals surface area contributed by atoms with Crippen LogP contribution in [0.15, 0.2) is 16.7 Å².